The molecule has 2 aromatic carbocycles. The number of carbonyl (C=O) groups is 1. The lowest BCUT2D eigenvalue weighted by Crippen LogP contribution is -2.23. The highest BCUT2D eigenvalue weighted by molar-refractivity contribution is 7.99. The predicted octanol–water partition coefficient (Wildman–Crippen LogP) is 4.88. The summed E-state index contributed by atoms with van der Waals surface area (Å²) in [4.78, 5) is 12.0. The van der Waals surface area contributed by atoms with Crippen LogP contribution < -0.4 is 5.32 Å². The van der Waals surface area contributed by atoms with E-state index in [0.717, 1.165) is 0 Å². The number of hydrogen-bond donors (Lipinski definition) is 1. The Morgan fingerprint density at radius 1 is 1.18 bits per heavy atom. The molecule has 2 rings (SSSR count). The number of carbonyl (C=O) groups excluding carboxylic acids is 1. The van der Waals surface area contributed by atoms with Gasteiger partial charge in [-0.15, -0.1) is 11.8 Å². The van der Waals surface area contributed by atoms with Crippen LogP contribution in [0.3, 0.4) is 0 Å². The van der Waals surface area contributed by atoms with Crippen LogP contribution in [0, 0.1) is 11.6 Å². The number of para-hydroxylation sites is 1. The molecule has 2 aromatic rings. The average molecular weight is 342 g/mol. The fourth-order valence-electron chi connectivity index (χ4n) is 1.75. The SMILES string of the molecule is CC(SCc1c(F)cccc1Cl)C(=O)Nc1ccccc1F. The van der Waals surface area contributed by atoms with Crippen LogP contribution >= 0.6 is 23.4 Å². The van der Waals surface area contributed by atoms with Crippen LogP contribution in [0.2, 0.25) is 5.02 Å². The molecule has 2 nitrogen and oxygen atoms in total. The molecule has 1 N–H and O–H groups in total. The summed E-state index contributed by atoms with van der Waals surface area (Å²) in [6.07, 6.45) is 0. The Hall–Kier alpha value is -1.59. The van der Waals surface area contributed by atoms with Gasteiger partial charge in [0.2, 0.25) is 5.91 Å². The molecule has 0 aliphatic heterocycles. The minimum absolute atomic E-state index is 0.129. The molecular weight excluding hydrogens is 328 g/mol. The largest absolute Gasteiger partial charge is 0.323 e. The second-order valence-corrected chi connectivity index (χ2v) is 6.36. The molecule has 0 radical (unpaired) electrons. The van der Waals surface area contributed by atoms with Gasteiger partial charge in [0, 0.05) is 16.3 Å². The van der Waals surface area contributed by atoms with Crippen LogP contribution in [0.1, 0.15) is 12.5 Å². The molecular formula is C16H14ClF2NOS. The minimum atomic E-state index is -0.495. The summed E-state index contributed by atoms with van der Waals surface area (Å²) in [6.45, 7) is 1.68. The van der Waals surface area contributed by atoms with E-state index in [-0.39, 0.29) is 17.3 Å². The van der Waals surface area contributed by atoms with Gasteiger partial charge in [-0.25, -0.2) is 8.78 Å². The van der Waals surface area contributed by atoms with Gasteiger partial charge < -0.3 is 5.32 Å². The zero-order valence-electron chi connectivity index (χ0n) is 11.8. The van der Waals surface area contributed by atoms with E-state index in [1.807, 2.05) is 0 Å². The first-order valence-electron chi connectivity index (χ1n) is 6.59. The smallest absolute Gasteiger partial charge is 0.237 e. The Labute approximate surface area is 136 Å². The number of thioether (sulfide) groups is 1. The van der Waals surface area contributed by atoms with Crippen molar-refractivity contribution in [2.24, 2.45) is 0 Å². The Bertz CT molecular complexity index is 661. The lowest BCUT2D eigenvalue weighted by atomic mass is 10.2. The van der Waals surface area contributed by atoms with Gasteiger partial charge in [-0.1, -0.05) is 29.8 Å². The van der Waals surface area contributed by atoms with Crippen molar-refractivity contribution in [3.05, 3.63) is 64.7 Å². The molecule has 0 aliphatic rings. The van der Waals surface area contributed by atoms with Crippen LogP contribution in [0.25, 0.3) is 0 Å². The number of nitrogens with one attached hydrogen (secondary N) is 1. The molecule has 0 saturated carbocycles. The van der Waals surface area contributed by atoms with E-state index in [1.54, 1.807) is 25.1 Å². The van der Waals surface area contributed by atoms with Gasteiger partial charge >= 0.3 is 0 Å². The summed E-state index contributed by atoms with van der Waals surface area (Å²) < 4.78 is 27.1. The summed E-state index contributed by atoms with van der Waals surface area (Å²) in [5.74, 6) is -0.980. The lowest BCUT2D eigenvalue weighted by Gasteiger charge is -2.13. The highest BCUT2D eigenvalue weighted by atomic mass is 35.5. The Kier molecular flexibility index (Phi) is 5.80. The minimum Gasteiger partial charge on any atom is -0.323 e. The van der Waals surface area contributed by atoms with Crippen LogP contribution in [-0.2, 0) is 10.5 Å². The Morgan fingerprint density at radius 2 is 1.86 bits per heavy atom. The molecule has 116 valence electrons. The van der Waals surface area contributed by atoms with Crippen molar-refractivity contribution < 1.29 is 13.6 Å². The van der Waals surface area contributed by atoms with Crippen LogP contribution in [-0.4, -0.2) is 11.2 Å². The first-order valence-corrected chi connectivity index (χ1v) is 8.01. The molecule has 6 heteroatoms. The van der Waals surface area contributed by atoms with E-state index < -0.39 is 16.9 Å². The summed E-state index contributed by atoms with van der Waals surface area (Å²) in [7, 11) is 0. The van der Waals surface area contributed by atoms with Gasteiger partial charge in [0.05, 0.1) is 10.9 Å². The number of rotatable bonds is 5. The van der Waals surface area contributed by atoms with E-state index in [1.165, 1.54) is 36.0 Å². The van der Waals surface area contributed by atoms with E-state index in [2.05, 4.69) is 5.32 Å². The predicted molar refractivity (Wildman–Crippen MR) is 87.2 cm³/mol. The molecule has 0 aromatic heterocycles. The second kappa shape index (κ2) is 7.61. The molecule has 0 heterocycles. The van der Waals surface area contributed by atoms with Crippen molar-refractivity contribution in [3.8, 4) is 0 Å². The van der Waals surface area contributed by atoms with Crippen molar-refractivity contribution in [3.63, 3.8) is 0 Å². The summed E-state index contributed by atoms with van der Waals surface area (Å²) in [6, 6.07) is 10.4. The van der Waals surface area contributed by atoms with Crippen molar-refractivity contribution in [2.45, 2.75) is 17.9 Å². The molecule has 0 spiro atoms. The van der Waals surface area contributed by atoms with Gasteiger partial charge in [0.25, 0.3) is 0 Å². The van der Waals surface area contributed by atoms with Crippen molar-refractivity contribution >= 4 is 35.0 Å². The molecule has 22 heavy (non-hydrogen) atoms. The molecule has 0 aliphatic carbocycles. The molecule has 0 fully saturated rings. The van der Waals surface area contributed by atoms with E-state index in [9.17, 15) is 13.6 Å². The van der Waals surface area contributed by atoms with Gasteiger partial charge in [0.1, 0.15) is 11.6 Å². The maximum atomic E-state index is 13.7. The standard InChI is InChI=1S/C16H14ClF2NOS/c1-10(16(21)20-15-8-3-2-6-14(15)19)22-9-11-12(17)5-4-7-13(11)18/h2-8,10H,9H2,1H3,(H,20,21). The molecule has 1 amide bonds. The topological polar surface area (TPSA) is 29.1 Å². The molecule has 0 saturated heterocycles. The van der Waals surface area contributed by atoms with Crippen molar-refractivity contribution in [1.82, 2.24) is 0 Å². The average Bonchev–Trinajstić information content (AvgIpc) is 2.48. The monoisotopic (exact) mass is 341 g/mol. The molecule has 0 bridgehead atoms. The maximum absolute atomic E-state index is 13.7. The number of benzene rings is 2. The molecule has 1 atom stereocenters. The fraction of sp³-hybridized carbons (Fsp3) is 0.188. The summed E-state index contributed by atoms with van der Waals surface area (Å²) >= 11 is 7.17. The van der Waals surface area contributed by atoms with Crippen molar-refractivity contribution in [2.75, 3.05) is 5.32 Å². The number of halogens is 3. The summed E-state index contributed by atoms with van der Waals surface area (Å²) in [5.41, 5.74) is 0.489. The number of amides is 1. The third-order valence-electron chi connectivity index (χ3n) is 3.04. The van der Waals surface area contributed by atoms with E-state index >= 15 is 0 Å². The zero-order chi connectivity index (χ0) is 16.1. The van der Waals surface area contributed by atoms with E-state index in [4.69, 9.17) is 11.6 Å². The Morgan fingerprint density at radius 3 is 2.55 bits per heavy atom. The Balaban J connectivity index is 1.96. The number of anilines is 1. The third kappa shape index (κ3) is 4.21. The van der Waals surface area contributed by atoms with Gasteiger partial charge in [-0.3, -0.25) is 4.79 Å². The van der Waals surface area contributed by atoms with Gasteiger partial charge in [-0.05, 0) is 31.2 Å². The molecule has 1 unspecified atom stereocenters. The zero-order valence-corrected chi connectivity index (χ0v) is 13.3. The van der Waals surface area contributed by atoms with E-state index in [0.29, 0.717) is 10.6 Å². The first kappa shape index (κ1) is 16.8. The van der Waals surface area contributed by atoms with Gasteiger partial charge in [-0.2, -0.15) is 0 Å². The summed E-state index contributed by atoms with van der Waals surface area (Å²) in [5, 5.41) is 2.37. The normalized spacial score (nSPS) is 12.0. The van der Waals surface area contributed by atoms with Crippen LogP contribution in [0.5, 0.6) is 0 Å². The quantitative estimate of drug-likeness (QED) is 0.839. The highest BCUT2D eigenvalue weighted by Gasteiger charge is 2.17. The fourth-order valence-corrected chi connectivity index (χ4v) is 2.98. The van der Waals surface area contributed by atoms with Crippen LogP contribution in [0.4, 0.5) is 14.5 Å². The number of hydrogen-bond acceptors (Lipinski definition) is 2. The second-order valence-electron chi connectivity index (χ2n) is 4.62. The van der Waals surface area contributed by atoms with Crippen molar-refractivity contribution in [1.29, 1.82) is 0 Å². The lowest BCUT2D eigenvalue weighted by molar-refractivity contribution is -0.115. The van der Waals surface area contributed by atoms with Crippen LogP contribution in [0.15, 0.2) is 42.5 Å². The third-order valence-corrected chi connectivity index (χ3v) is 4.56. The highest BCUT2D eigenvalue weighted by Crippen LogP contribution is 2.26. The van der Waals surface area contributed by atoms with Gasteiger partial charge in [0.15, 0.2) is 0 Å². The first-order chi connectivity index (χ1) is 10.5. The maximum Gasteiger partial charge on any atom is 0.237 e.